The first kappa shape index (κ1) is 32.6. The molecule has 0 aliphatic carbocycles. The number of amides is 3. The Bertz CT molecular complexity index is 1220. The Morgan fingerprint density at radius 2 is 1.93 bits per heavy atom. The van der Waals surface area contributed by atoms with Gasteiger partial charge in [0.15, 0.2) is 0 Å². The number of fused-ring (bicyclic) bond motifs is 1. The molecule has 13 heteroatoms. The van der Waals surface area contributed by atoms with Crippen LogP contribution in [0.2, 0.25) is 0 Å². The van der Waals surface area contributed by atoms with E-state index in [1.807, 2.05) is 49.4 Å². The highest BCUT2D eigenvalue weighted by Gasteiger charge is 2.56. The van der Waals surface area contributed by atoms with Crippen molar-refractivity contribution in [2.75, 3.05) is 24.7 Å². The molecule has 12 nitrogen and oxygen atoms in total. The summed E-state index contributed by atoms with van der Waals surface area (Å²) in [6, 6.07) is 12.0. The second-order valence-corrected chi connectivity index (χ2v) is 11.2. The maximum atomic E-state index is 12.6. The summed E-state index contributed by atoms with van der Waals surface area (Å²) in [6.07, 6.45) is -6.57. The number of nitrogens with zero attached hydrogens (tertiary/aromatic N) is 1. The average molecular weight is 592 g/mol. The molecule has 41 heavy (non-hydrogen) atoms. The lowest BCUT2D eigenvalue weighted by Crippen LogP contribution is -2.68. The Morgan fingerprint density at radius 3 is 2.61 bits per heavy atom. The van der Waals surface area contributed by atoms with E-state index in [1.54, 1.807) is 11.8 Å². The van der Waals surface area contributed by atoms with Crippen molar-refractivity contribution in [3.05, 3.63) is 52.9 Å². The fraction of sp³-hybridized carbons (Fsp3) is 0.536. The number of thioether (sulfide) groups is 1. The lowest BCUT2D eigenvalue weighted by Gasteiger charge is -2.46. The van der Waals surface area contributed by atoms with Crippen LogP contribution in [0.1, 0.15) is 32.3 Å². The minimum absolute atomic E-state index is 0.0119. The van der Waals surface area contributed by atoms with Crippen molar-refractivity contribution >= 4 is 40.3 Å². The highest BCUT2D eigenvalue weighted by atomic mass is 32.2. The summed E-state index contributed by atoms with van der Waals surface area (Å²) in [5.74, 6) is -3.08. The van der Waals surface area contributed by atoms with Gasteiger partial charge in [-0.15, -0.1) is 4.91 Å². The molecule has 0 saturated carbocycles. The van der Waals surface area contributed by atoms with Crippen LogP contribution in [-0.2, 0) is 30.3 Å². The van der Waals surface area contributed by atoms with Gasteiger partial charge in [-0.05, 0) is 34.3 Å². The molecule has 1 fully saturated rings. The van der Waals surface area contributed by atoms with Crippen molar-refractivity contribution in [2.45, 2.75) is 69.4 Å². The summed E-state index contributed by atoms with van der Waals surface area (Å²) in [4.78, 5) is 48.2. The van der Waals surface area contributed by atoms with Crippen molar-refractivity contribution in [2.24, 2.45) is 5.18 Å². The van der Waals surface area contributed by atoms with Gasteiger partial charge in [0.25, 0.3) is 5.79 Å². The fourth-order valence-corrected chi connectivity index (χ4v) is 5.33. The van der Waals surface area contributed by atoms with Gasteiger partial charge in [-0.2, -0.15) is 11.8 Å². The third-order valence-electron chi connectivity index (χ3n) is 6.74. The molecule has 0 radical (unpaired) electrons. The van der Waals surface area contributed by atoms with Crippen LogP contribution >= 0.6 is 11.8 Å². The van der Waals surface area contributed by atoms with Crippen LogP contribution in [0.5, 0.6) is 0 Å². The summed E-state index contributed by atoms with van der Waals surface area (Å²) in [5.41, 5.74) is 0.750. The van der Waals surface area contributed by atoms with E-state index >= 15 is 0 Å². The van der Waals surface area contributed by atoms with Crippen molar-refractivity contribution < 1.29 is 39.2 Å². The van der Waals surface area contributed by atoms with Crippen LogP contribution in [0.3, 0.4) is 0 Å². The fourth-order valence-electron chi connectivity index (χ4n) is 4.72. The molecule has 1 saturated heterocycles. The van der Waals surface area contributed by atoms with Crippen LogP contribution in [0.15, 0.2) is 47.6 Å². The van der Waals surface area contributed by atoms with Gasteiger partial charge in [-0.25, -0.2) is 0 Å². The number of hydrogen-bond donors (Lipinski definition) is 5. The number of nitroso groups, excluding NO2 is 1. The Hall–Kier alpha value is -2.94. The maximum Gasteiger partial charge on any atom is 0.345 e. The van der Waals surface area contributed by atoms with E-state index in [1.165, 1.54) is 6.92 Å². The first-order valence-electron chi connectivity index (χ1n) is 13.4. The van der Waals surface area contributed by atoms with E-state index in [9.17, 15) is 34.6 Å². The Labute approximate surface area is 242 Å². The van der Waals surface area contributed by atoms with Gasteiger partial charge in [-0.1, -0.05) is 49.4 Å². The van der Waals surface area contributed by atoms with Crippen LogP contribution in [-0.4, -0.2) is 93.9 Å². The number of benzene rings is 2. The van der Waals surface area contributed by atoms with Crippen molar-refractivity contribution in [1.29, 1.82) is 0 Å². The van der Waals surface area contributed by atoms with Crippen molar-refractivity contribution in [3.8, 4) is 0 Å². The van der Waals surface area contributed by atoms with Crippen LogP contribution < -0.4 is 10.6 Å². The molecular formula is C28H37N3O9S. The third-order valence-corrected chi connectivity index (χ3v) is 7.73. The number of aliphatic hydroxyl groups is 3. The van der Waals surface area contributed by atoms with E-state index in [2.05, 4.69) is 15.8 Å². The predicted octanol–water partition coefficient (Wildman–Crippen LogP) is 1.02. The highest BCUT2D eigenvalue weighted by Crippen LogP contribution is 2.34. The highest BCUT2D eigenvalue weighted by molar-refractivity contribution is 7.99. The SMILES string of the molecule is CCSCCCOC1(C(=O)N=O)CC(O)C(NC(C)=O)C(C(O)C(O)CNC(=O)Cc2ccc3ccccc3c2)O1. The normalized spacial score (nSPS) is 23.9. The number of carbonyl (C=O) groups is 3. The average Bonchev–Trinajstić information content (AvgIpc) is 2.95. The molecule has 3 rings (SSSR count). The second-order valence-electron chi connectivity index (χ2n) is 9.85. The number of rotatable bonds is 14. The number of nitrogens with one attached hydrogen (secondary N) is 2. The lowest BCUT2D eigenvalue weighted by atomic mass is 9.88. The minimum Gasteiger partial charge on any atom is -0.391 e. The molecule has 6 atom stereocenters. The molecule has 2 aromatic rings. The van der Waals surface area contributed by atoms with Gasteiger partial charge in [-0.3, -0.25) is 14.4 Å². The van der Waals surface area contributed by atoms with Gasteiger partial charge < -0.3 is 35.4 Å². The van der Waals surface area contributed by atoms with E-state index < -0.39 is 66.9 Å². The summed E-state index contributed by atoms with van der Waals surface area (Å²) >= 11 is 1.64. The Kier molecular flexibility index (Phi) is 12.2. The Morgan fingerprint density at radius 1 is 1.20 bits per heavy atom. The molecule has 0 spiro atoms. The van der Waals surface area contributed by atoms with Gasteiger partial charge in [0, 0.05) is 25.1 Å². The molecule has 6 unspecified atom stereocenters. The smallest absolute Gasteiger partial charge is 0.345 e. The zero-order chi connectivity index (χ0) is 30.0. The number of ether oxygens (including phenoxy) is 2. The second kappa shape index (κ2) is 15.3. The molecule has 1 aliphatic rings. The van der Waals surface area contributed by atoms with Gasteiger partial charge in [0.1, 0.15) is 12.2 Å². The van der Waals surface area contributed by atoms with Gasteiger partial charge in [0.05, 0.1) is 31.3 Å². The largest absolute Gasteiger partial charge is 0.391 e. The molecular weight excluding hydrogens is 554 g/mol. The Balaban J connectivity index is 1.70. The number of aliphatic hydroxyl groups excluding tert-OH is 3. The lowest BCUT2D eigenvalue weighted by molar-refractivity contribution is -0.301. The van der Waals surface area contributed by atoms with E-state index in [0.717, 1.165) is 22.1 Å². The summed E-state index contributed by atoms with van der Waals surface area (Å²) in [5, 5.41) is 42.1. The molecule has 1 aliphatic heterocycles. The maximum absolute atomic E-state index is 12.6. The minimum atomic E-state index is -2.32. The predicted molar refractivity (Wildman–Crippen MR) is 153 cm³/mol. The summed E-state index contributed by atoms with van der Waals surface area (Å²) < 4.78 is 11.4. The molecule has 5 N–H and O–H groups in total. The van der Waals surface area contributed by atoms with E-state index in [4.69, 9.17) is 9.47 Å². The monoisotopic (exact) mass is 591 g/mol. The topological polar surface area (TPSA) is 184 Å². The zero-order valence-corrected chi connectivity index (χ0v) is 23.8. The van der Waals surface area contributed by atoms with Crippen LogP contribution in [0, 0.1) is 4.91 Å². The molecule has 2 aromatic carbocycles. The molecule has 0 bridgehead atoms. The van der Waals surface area contributed by atoms with Crippen LogP contribution in [0.25, 0.3) is 10.8 Å². The van der Waals surface area contributed by atoms with Gasteiger partial charge >= 0.3 is 5.91 Å². The molecule has 1 heterocycles. The first-order valence-corrected chi connectivity index (χ1v) is 14.6. The van der Waals surface area contributed by atoms with E-state index in [-0.39, 0.29) is 13.0 Å². The molecule has 224 valence electrons. The number of hydrogen-bond acceptors (Lipinski definition) is 10. The molecule has 3 amide bonds. The third kappa shape index (κ3) is 8.77. The van der Waals surface area contributed by atoms with Gasteiger partial charge in [0.2, 0.25) is 11.8 Å². The number of carbonyl (C=O) groups excluding carboxylic acids is 3. The summed E-state index contributed by atoms with van der Waals surface area (Å²) in [7, 11) is 0. The van der Waals surface area contributed by atoms with Crippen molar-refractivity contribution in [1.82, 2.24) is 10.6 Å². The zero-order valence-electron chi connectivity index (χ0n) is 23.0. The standard InChI is InChI=1S/C28H37N3O9S/c1-3-41-12-6-11-39-28(27(37)31-38)15-21(33)24(30-17(2)32)26(40-28)25(36)22(34)16-29-23(35)14-18-9-10-19-7-4-5-8-20(19)13-18/h4-5,7-10,13,21-22,24-26,33-34,36H,3,6,11-12,14-16H2,1-2H3,(H,29,35)(H,30,32). The van der Waals surface area contributed by atoms with E-state index in [0.29, 0.717) is 12.2 Å². The molecule has 0 aromatic heterocycles. The summed E-state index contributed by atoms with van der Waals surface area (Å²) in [6.45, 7) is 2.75. The van der Waals surface area contributed by atoms with Crippen LogP contribution in [0.4, 0.5) is 0 Å². The first-order chi connectivity index (χ1) is 19.6. The quantitative estimate of drug-likeness (QED) is 0.157. The van der Waals surface area contributed by atoms with Crippen molar-refractivity contribution in [3.63, 3.8) is 0 Å².